The van der Waals surface area contributed by atoms with Gasteiger partial charge in [0, 0.05) is 16.8 Å². The first-order valence-electron chi connectivity index (χ1n) is 5.97. The molecule has 3 heterocycles. The second-order valence-corrected chi connectivity index (χ2v) is 7.05. The molecule has 4 rings (SSSR count). The number of hydrogen-bond acceptors (Lipinski definition) is 5. The summed E-state index contributed by atoms with van der Waals surface area (Å²) in [6.45, 7) is 0. The quantitative estimate of drug-likeness (QED) is 0.771. The summed E-state index contributed by atoms with van der Waals surface area (Å²) in [6.07, 6.45) is 4.34. The molecule has 3 aromatic rings. The summed E-state index contributed by atoms with van der Waals surface area (Å²) < 4.78 is 1.19. The number of imidazole rings is 1. The lowest BCUT2D eigenvalue weighted by Gasteiger charge is -2.04. The summed E-state index contributed by atoms with van der Waals surface area (Å²) in [7, 11) is 0. The standard InChI is InChI=1S/C12H10BrN5S/c13-9-2-1-8(19-9)6-3-7(6)18-12-10-11(15-4-14-10)16-5-17-12/h1-2,4-7H,3H2,(H2,14,15,16,17,18)/t6-,7-/m1/s1. The fourth-order valence-electron chi connectivity index (χ4n) is 2.25. The third kappa shape index (κ3) is 2.02. The molecule has 1 fully saturated rings. The maximum atomic E-state index is 4.29. The predicted molar refractivity (Wildman–Crippen MR) is 78.5 cm³/mol. The largest absolute Gasteiger partial charge is 0.365 e. The topological polar surface area (TPSA) is 66.5 Å². The smallest absolute Gasteiger partial charge is 0.182 e. The van der Waals surface area contributed by atoms with Crippen molar-refractivity contribution in [2.24, 2.45) is 0 Å². The van der Waals surface area contributed by atoms with Gasteiger partial charge in [-0.1, -0.05) is 0 Å². The Morgan fingerprint density at radius 3 is 3.11 bits per heavy atom. The monoisotopic (exact) mass is 335 g/mol. The summed E-state index contributed by atoms with van der Waals surface area (Å²) in [4.78, 5) is 17.0. The van der Waals surface area contributed by atoms with Crippen molar-refractivity contribution < 1.29 is 0 Å². The Morgan fingerprint density at radius 2 is 2.26 bits per heavy atom. The molecule has 7 heteroatoms. The number of halogens is 1. The minimum atomic E-state index is 0.451. The highest BCUT2D eigenvalue weighted by molar-refractivity contribution is 9.11. The van der Waals surface area contributed by atoms with E-state index in [9.17, 15) is 0 Å². The van der Waals surface area contributed by atoms with Crippen molar-refractivity contribution in [2.45, 2.75) is 18.4 Å². The zero-order valence-corrected chi connectivity index (χ0v) is 12.2. The number of H-pyrrole nitrogens is 1. The third-order valence-corrected chi connectivity index (χ3v) is 5.05. The molecule has 0 aliphatic heterocycles. The van der Waals surface area contributed by atoms with Gasteiger partial charge in [-0.2, -0.15) is 0 Å². The highest BCUT2D eigenvalue weighted by atomic mass is 79.9. The van der Waals surface area contributed by atoms with E-state index in [2.05, 4.69) is 53.3 Å². The Balaban J connectivity index is 1.56. The highest BCUT2D eigenvalue weighted by Crippen LogP contribution is 2.46. The van der Waals surface area contributed by atoms with Gasteiger partial charge in [0.2, 0.25) is 0 Å². The van der Waals surface area contributed by atoms with E-state index in [1.807, 2.05) is 0 Å². The van der Waals surface area contributed by atoms with Crippen LogP contribution < -0.4 is 5.32 Å². The molecule has 1 saturated carbocycles. The molecule has 5 nitrogen and oxygen atoms in total. The van der Waals surface area contributed by atoms with E-state index in [1.165, 1.54) is 8.66 Å². The Morgan fingerprint density at radius 1 is 1.32 bits per heavy atom. The Hall–Kier alpha value is -1.47. The van der Waals surface area contributed by atoms with Gasteiger partial charge >= 0.3 is 0 Å². The minimum Gasteiger partial charge on any atom is -0.365 e. The van der Waals surface area contributed by atoms with E-state index >= 15 is 0 Å². The van der Waals surface area contributed by atoms with Gasteiger partial charge in [-0.05, 0) is 34.5 Å². The molecule has 96 valence electrons. The summed E-state index contributed by atoms with van der Waals surface area (Å²) in [5, 5.41) is 3.47. The van der Waals surface area contributed by atoms with Crippen LogP contribution in [0.2, 0.25) is 0 Å². The molecular weight excluding hydrogens is 326 g/mol. The van der Waals surface area contributed by atoms with Crippen LogP contribution in [0.15, 0.2) is 28.6 Å². The maximum absolute atomic E-state index is 4.29. The van der Waals surface area contributed by atoms with Crippen LogP contribution in [-0.4, -0.2) is 26.0 Å². The Labute approximate surface area is 121 Å². The van der Waals surface area contributed by atoms with Crippen LogP contribution in [0.5, 0.6) is 0 Å². The average Bonchev–Trinajstić information content (AvgIpc) is 2.84. The van der Waals surface area contributed by atoms with E-state index in [0.29, 0.717) is 17.6 Å². The number of nitrogens with one attached hydrogen (secondary N) is 2. The lowest BCUT2D eigenvalue weighted by molar-refractivity contribution is 1.04. The normalized spacial score (nSPS) is 21.7. The van der Waals surface area contributed by atoms with Gasteiger partial charge in [-0.3, -0.25) is 0 Å². The molecule has 0 aromatic carbocycles. The van der Waals surface area contributed by atoms with Gasteiger partial charge in [0.05, 0.1) is 10.1 Å². The molecule has 1 aliphatic carbocycles. The number of anilines is 1. The van der Waals surface area contributed by atoms with E-state index in [4.69, 9.17) is 0 Å². The van der Waals surface area contributed by atoms with Crippen molar-refractivity contribution in [3.8, 4) is 0 Å². The zero-order chi connectivity index (χ0) is 12.8. The van der Waals surface area contributed by atoms with Crippen molar-refractivity contribution in [3.05, 3.63) is 33.5 Å². The molecule has 0 amide bonds. The van der Waals surface area contributed by atoms with Gasteiger partial charge in [0.1, 0.15) is 11.8 Å². The van der Waals surface area contributed by atoms with E-state index < -0.39 is 0 Å². The lowest BCUT2D eigenvalue weighted by Crippen LogP contribution is -2.06. The fraction of sp³-hybridized carbons (Fsp3) is 0.250. The van der Waals surface area contributed by atoms with E-state index in [0.717, 1.165) is 17.8 Å². The molecule has 0 spiro atoms. The van der Waals surface area contributed by atoms with Gasteiger partial charge in [0.15, 0.2) is 11.5 Å². The van der Waals surface area contributed by atoms with Crippen LogP contribution in [0, 0.1) is 0 Å². The third-order valence-electron chi connectivity index (χ3n) is 3.29. The molecule has 2 N–H and O–H groups in total. The van der Waals surface area contributed by atoms with Crippen molar-refractivity contribution in [3.63, 3.8) is 0 Å². The second-order valence-electron chi connectivity index (χ2n) is 4.56. The number of thiophene rings is 1. The van der Waals surface area contributed by atoms with Crippen molar-refractivity contribution in [1.29, 1.82) is 0 Å². The van der Waals surface area contributed by atoms with Crippen molar-refractivity contribution in [1.82, 2.24) is 19.9 Å². The van der Waals surface area contributed by atoms with Crippen LogP contribution >= 0.6 is 27.3 Å². The average molecular weight is 336 g/mol. The first kappa shape index (κ1) is 11.4. The zero-order valence-electron chi connectivity index (χ0n) is 9.80. The number of hydrogen-bond donors (Lipinski definition) is 2. The second kappa shape index (κ2) is 4.28. The molecule has 0 bridgehead atoms. The van der Waals surface area contributed by atoms with Crippen LogP contribution in [0.1, 0.15) is 17.2 Å². The van der Waals surface area contributed by atoms with Crippen LogP contribution in [0.25, 0.3) is 11.2 Å². The Kier molecular flexibility index (Phi) is 2.56. The SMILES string of the molecule is Brc1ccc([C@@H]2C[C@H]2Nc2ncnc3nc[nH]c23)s1. The Bertz CT molecular complexity index is 736. The molecule has 3 aromatic heterocycles. The summed E-state index contributed by atoms with van der Waals surface area (Å²) >= 11 is 5.31. The van der Waals surface area contributed by atoms with Crippen LogP contribution in [0.3, 0.4) is 0 Å². The van der Waals surface area contributed by atoms with E-state index in [-0.39, 0.29) is 0 Å². The van der Waals surface area contributed by atoms with Crippen LogP contribution in [-0.2, 0) is 0 Å². The van der Waals surface area contributed by atoms with Crippen LogP contribution in [0.4, 0.5) is 5.82 Å². The predicted octanol–water partition coefficient (Wildman–Crippen LogP) is 3.14. The fourth-order valence-corrected chi connectivity index (χ4v) is 3.85. The number of rotatable bonds is 3. The van der Waals surface area contributed by atoms with Crippen molar-refractivity contribution >= 4 is 44.2 Å². The summed E-state index contributed by atoms with van der Waals surface area (Å²) in [5.41, 5.74) is 1.58. The molecule has 0 saturated heterocycles. The minimum absolute atomic E-state index is 0.451. The van der Waals surface area contributed by atoms with Gasteiger partial charge in [-0.15, -0.1) is 11.3 Å². The molecular formula is C12H10BrN5S. The molecule has 2 atom stereocenters. The van der Waals surface area contributed by atoms with E-state index in [1.54, 1.807) is 24.0 Å². The molecule has 19 heavy (non-hydrogen) atoms. The first-order valence-corrected chi connectivity index (χ1v) is 7.58. The summed E-state index contributed by atoms with van der Waals surface area (Å²) in [5.74, 6) is 1.43. The lowest BCUT2D eigenvalue weighted by atomic mass is 10.3. The molecule has 1 aliphatic rings. The number of fused-ring (bicyclic) bond motifs is 1. The molecule has 0 unspecified atom stereocenters. The van der Waals surface area contributed by atoms with Gasteiger partial charge in [-0.25, -0.2) is 15.0 Å². The first-order chi connectivity index (χ1) is 9.31. The van der Waals surface area contributed by atoms with Gasteiger partial charge in [0.25, 0.3) is 0 Å². The van der Waals surface area contributed by atoms with Gasteiger partial charge < -0.3 is 10.3 Å². The number of nitrogens with zero attached hydrogens (tertiary/aromatic N) is 3. The molecule has 0 radical (unpaired) electrons. The summed E-state index contributed by atoms with van der Waals surface area (Å²) in [6, 6.07) is 4.74. The van der Waals surface area contributed by atoms with Crippen molar-refractivity contribution in [2.75, 3.05) is 5.32 Å². The number of aromatic amines is 1. The maximum Gasteiger partial charge on any atom is 0.182 e. The highest BCUT2D eigenvalue weighted by Gasteiger charge is 2.40. The number of aromatic nitrogens is 4.